The fourth-order valence-electron chi connectivity index (χ4n) is 1.88. The first kappa shape index (κ1) is 12.1. The fourth-order valence-corrected chi connectivity index (χ4v) is 2.04. The van der Waals surface area contributed by atoms with Crippen molar-refractivity contribution in [2.45, 2.75) is 33.2 Å². The lowest BCUT2D eigenvalue weighted by molar-refractivity contribution is 0.610. The molecule has 3 nitrogen and oxygen atoms in total. The number of aromatic nitrogens is 2. The van der Waals surface area contributed by atoms with E-state index in [0.717, 1.165) is 29.1 Å². The van der Waals surface area contributed by atoms with Gasteiger partial charge in [-0.2, -0.15) is 0 Å². The quantitative estimate of drug-likeness (QED) is 0.710. The van der Waals surface area contributed by atoms with Crippen LogP contribution in [0.4, 0.5) is 0 Å². The van der Waals surface area contributed by atoms with E-state index >= 15 is 0 Å². The van der Waals surface area contributed by atoms with Crippen LogP contribution in [0.3, 0.4) is 0 Å². The highest BCUT2D eigenvalue weighted by molar-refractivity contribution is 6.32. The Morgan fingerprint density at radius 1 is 1.41 bits per heavy atom. The second-order valence-corrected chi connectivity index (χ2v) is 4.67. The average molecular weight is 251 g/mol. The van der Waals surface area contributed by atoms with Crippen LogP contribution in [-0.4, -0.2) is 9.55 Å². The minimum Gasteiger partial charge on any atom is -0.293 e. The number of aryl methyl sites for hydroxylation is 1. The van der Waals surface area contributed by atoms with Crippen LogP contribution in [0.2, 0.25) is 0 Å². The summed E-state index contributed by atoms with van der Waals surface area (Å²) in [4.78, 5) is 16.3. The molecule has 0 spiro atoms. The molecule has 0 bridgehead atoms. The third kappa shape index (κ3) is 2.67. The van der Waals surface area contributed by atoms with Gasteiger partial charge in [0.1, 0.15) is 5.82 Å². The summed E-state index contributed by atoms with van der Waals surface area (Å²) in [5.74, 6) is 0.695. The van der Waals surface area contributed by atoms with Gasteiger partial charge in [-0.3, -0.25) is 9.36 Å². The lowest BCUT2D eigenvalue weighted by atomic mass is 10.2. The maximum Gasteiger partial charge on any atom is 0.253 e. The molecule has 0 amide bonds. The average Bonchev–Trinajstić information content (AvgIpc) is 2.31. The van der Waals surface area contributed by atoms with Crippen LogP contribution in [-0.2, 0) is 6.54 Å². The summed E-state index contributed by atoms with van der Waals surface area (Å²) in [6.07, 6.45) is 5.65. The van der Waals surface area contributed by atoms with E-state index in [2.05, 4.69) is 4.98 Å². The van der Waals surface area contributed by atoms with Crippen LogP contribution in [0.15, 0.2) is 27.5 Å². The number of hydrogen-bond acceptors (Lipinski definition) is 2. The standard InChI is InChI=1S/C13H15ClN2O/c1-9-7-12-15-10(2)8-13(17)16(12)6-4-3-5-11(9)14/h5,7-8H,3-4,6H2,1-2H3/b9-7-,11-5-. The minimum absolute atomic E-state index is 0.00886. The summed E-state index contributed by atoms with van der Waals surface area (Å²) in [5, 5.41) is 0.745. The predicted molar refractivity (Wildman–Crippen MR) is 70.1 cm³/mol. The van der Waals surface area contributed by atoms with E-state index in [9.17, 15) is 4.79 Å². The topological polar surface area (TPSA) is 34.9 Å². The molecule has 1 aromatic rings. The van der Waals surface area contributed by atoms with Gasteiger partial charge in [-0.05, 0) is 38.3 Å². The Hall–Kier alpha value is -1.35. The van der Waals surface area contributed by atoms with Crippen LogP contribution in [0.1, 0.15) is 31.3 Å². The fraction of sp³-hybridized carbons (Fsp3) is 0.385. The molecule has 1 aliphatic rings. The lowest BCUT2D eigenvalue weighted by Gasteiger charge is -2.09. The Kier molecular flexibility index (Phi) is 3.48. The van der Waals surface area contributed by atoms with Crippen molar-refractivity contribution >= 4 is 17.7 Å². The molecular formula is C13H15ClN2O. The van der Waals surface area contributed by atoms with Crippen LogP contribution in [0.5, 0.6) is 0 Å². The molecule has 17 heavy (non-hydrogen) atoms. The van der Waals surface area contributed by atoms with Crippen molar-refractivity contribution in [3.63, 3.8) is 0 Å². The monoisotopic (exact) mass is 250 g/mol. The maximum absolute atomic E-state index is 11.9. The van der Waals surface area contributed by atoms with E-state index in [0.29, 0.717) is 12.4 Å². The summed E-state index contributed by atoms with van der Waals surface area (Å²) < 4.78 is 1.71. The summed E-state index contributed by atoms with van der Waals surface area (Å²) in [6.45, 7) is 4.45. The zero-order valence-electron chi connectivity index (χ0n) is 10.0. The van der Waals surface area contributed by atoms with E-state index in [-0.39, 0.29) is 5.56 Å². The third-order valence-electron chi connectivity index (χ3n) is 2.80. The van der Waals surface area contributed by atoms with Crippen molar-refractivity contribution in [2.24, 2.45) is 0 Å². The Morgan fingerprint density at radius 3 is 2.94 bits per heavy atom. The molecule has 0 N–H and O–H groups in total. The second kappa shape index (κ2) is 4.88. The summed E-state index contributed by atoms with van der Waals surface area (Å²) >= 11 is 6.14. The normalized spacial score (nSPS) is 22.3. The van der Waals surface area contributed by atoms with E-state index < -0.39 is 0 Å². The van der Waals surface area contributed by atoms with E-state index in [1.165, 1.54) is 0 Å². The zero-order chi connectivity index (χ0) is 12.4. The summed E-state index contributed by atoms with van der Waals surface area (Å²) in [5.41, 5.74) is 1.69. The van der Waals surface area contributed by atoms with Gasteiger partial charge >= 0.3 is 0 Å². The first-order valence-corrected chi connectivity index (χ1v) is 6.08. The smallest absolute Gasteiger partial charge is 0.253 e. The minimum atomic E-state index is 0.00886. The largest absolute Gasteiger partial charge is 0.293 e. The molecule has 1 aliphatic heterocycles. The van der Waals surface area contributed by atoms with Gasteiger partial charge in [0, 0.05) is 23.3 Å². The van der Waals surface area contributed by atoms with Crippen LogP contribution in [0.25, 0.3) is 6.08 Å². The zero-order valence-corrected chi connectivity index (χ0v) is 10.8. The van der Waals surface area contributed by atoms with Crippen molar-refractivity contribution < 1.29 is 0 Å². The number of fused-ring (bicyclic) bond motifs is 1. The highest BCUT2D eigenvalue weighted by atomic mass is 35.5. The number of halogens is 1. The lowest BCUT2D eigenvalue weighted by Crippen LogP contribution is -2.23. The molecule has 0 saturated carbocycles. The second-order valence-electron chi connectivity index (χ2n) is 4.27. The number of rotatable bonds is 0. The molecule has 4 heteroatoms. The summed E-state index contributed by atoms with van der Waals surface area (Å²) in [7, 11) is 0. The van der Waals surface area contributed by atoms with Gasteiger partial charge < -0.3 is 0 Å². The van der Waals surface area contributed by atoms with E-state index in [1.54, 1.807) is 10.6 Å². The highest BCUT2D eigenvalue weighted by Gasteiger charge is 2.08. The molecule has 2 heterocycles. The van der Waals surface area contributed by atoms with Gasteiger partial charge in [-0.25, -0.2) is 4.98 Å². The van der Waals surface area contributed by atoms with Gasteiger partial charge in [-0.15, -0.1) is 0 Å². The Bertz CT molecular complexity index is 555. The molecule has 90 valence electrons. The number of hydrogen-bond donors (Lipinski definition) is 0. The molecule has 0 atom stereocenters. The molecule has 0 saturated heterocycles. The number of allylic oxidation sites excluding steroid dienone is 3. The predicted octanol–water partition coefficient (Wildman–Crippen LogP) is 2.87. The van der Waals surface area contributed by atoms with E-state index in [1.807, 2.05) is 26.0 Å². The third-order valence-corrected chi connectivity index (χ3v) is 3.25. The van der Waals surface area contributed by atoms with Crippen molar-refractivity contribution in [2.75, 3.05) is 0 Å². The van der Waals surface area contributed by atoms with Gasteiger partial charge in [0.25, 0.3) is 5.56 Å². The maximum atomic E-state index is 11.9. The Morgan fingerprint density at radius 2 is 2.18 bits per heavy atom. The molecule has 0 unspecified atom stereocenters. The molecule has 0 aliphatic carbocycles. The van der Waals surface area contributed by atoms with Gasteiger partial charge in [0.15, 0.2) is 0 Å². The molecule has 0 radical (unpaired) electrons. The van der Waals surface area contributed by atoms with Crippen LogP contribution >= 0.6 is 11.6 Å². The SMILES string of the molecule is CC1=C/c2nc(C)cc(=O)n2CCC\C=C\1Cl. The molecule has 0 fully saturated rings. The molecular weight excluding hydrogens is 236 g/mol. The summed E-state index contributed by atoms with van der Waals surface area (Å²) in [6, 6.07) is 1.57. The van der Waals surface area contributed by atoms with Crippen molar-refractivity contribution in [1.29, 1.82) is 0 Å². The van der Waals surface area contributed by atoms with E-state index in [4.69, 9.17) is 11.6 Å². The number of nitrogens with zero attached hydrogens (tertiary/aromatic N) is 2. The van der Waals surface area contributed by atoms with Crippen LogP contribution < -0.4 is 5.56 Å². The van der Waals surface area contributed by atoms with Gasteiger partial charge in [0.05, 0.1) is 0 Å². The van der Waals surface area contributed by atoms with Crippen molar-refractivity contribution in [3.05, 3.63) is 44.6 Å². The van der Waals surface area contributed by atoms with Crippen molar-refractivity contribution in [1.82, 2.24) is 9.55 Å². The van der Waals surface area contributed by atoms with Crippen LogP contribution in [0, 0.1) is 6.92 Å². The molecule has 2 rings (SSSR count). The first-order chi connectivity index (χ1) is 8.08. The Balaban J connectivity index is 2.62. The van der Waals surface area contributed by atoms with Gasteiger partial charge in [-0.1, -0.05) is 17.7 Å². The highest BCUT2D eigenvalue weighted by Crippen LogP contribution is 2.19. The molecule has 1 aromatic heterocycles. The molecule has 0 aromatic carbocycles. The Labute approximate surface area is 105 Å². The van der Waals surface area contributed by atoms with Gasteiger partial charge in [0.2, 0.25) is 0 Å². The van der Waals surface area contributed by atoms with Crippen molar-refractivity contribution in [3.8, 4) is 0 Å². The first-order valence-electron chi connectivity index (χ1n) is 5.71.